The number of hydrogen-bond donors (Lipinski definition) is 1. The lowest BCUT2D eigenvalue weighted by Crippen LogP contribution is -2.51. The molecule has 0 saturated carbocycles. The Bertz CT molecular complexity index is 1020. The van der Waals surface area contributed by atoms with E-state index in [1.165, 1.54) is 17.4 Å². The second-order valence-electron chi connectivity index (χ2n) is 8.06. The van der Waals surface area contributed by atoms with Crippen LogP contribution in [0, 0.1) is 0 Å². The number of carbonyl (C=O) groups is 1. The van der Waals surface area contributed by atoms with Gasteiger partial charge in [-0.25, -0.2) is 17.9 Å². The fraction of sp³-hybridized carbons (Fsp3) is 0.409. The van der Waals surface area contributed by atoms with Crippen molar-refractivity contribution in [2.45, 2.75) is 31.3 Å². The third-order valence-electron chi connectivity index (χ3n) is 5.90. The normalized spacial score (nSPS) is 22.5. The van der Waals surface area contributed by atoms with Crippen molar-refractivity contribution >= 4 is 16.1 Å². The number of nitrogens with one attached hydrogen (secondary N) is 1. The lowest BCUT2D eigenvalue weighted by Gasteiger charge is -2.32. The summed E-state index contributed by atoms with van der Waals surface area (Å²) in [6.07, 6.45) is 3.18. The molecule has 0 aliphatic carbocycles. The molecule has 1 saturated heterocycles. The number of likely N-dealkylation sites (N-methyl/N-ethyl adjacent to an activating group) is 1. The molecule has 0 aromatic heterocycles. The van der Waals surface area contributed by atoms with Crippen molar-refractivity contribution in [1.29, 1.82) is 0 Å². The molecule has 2 aliphatic heterocycles. The van der Waals surface area contributed by atoms with E-state index in [-0.39, 0.29) is 18.1 Å². The van der Waals surface area contributed by atoms with Crippen LogP contribution in [-0.2, 0) is 22.9 Å². The summed E-state index contributed by atoms with van der Waals surface area (Å²) < 4.78 is 26.5. The van der Waals surface area contributed by atoms with E-state index in [1.54, 1.807) is 4.90 Å². The summed E-state index contributed by atoms with van der Waals surface area (Å²) in [5, 5.41) is 0. The molecule has 2 bridgehead atoms. The van der Waals surface area contributed by atoms with Gasteiger partial charge in [0.1, 0.15) is 0 Å². The molecule has 0 spiro atoms. The van der Waals surface area contributed by atoms with E-state index in [4.69, 9.17) is 0 Å². The minimum atomic E-state index is -3.35. The molecule has 154 valence electrons. The number of amides is 2. The van der Waals surface area contributed by atoms with Gasteiger partial charge in [0.2, 0.25) is 10.0 Å². The van der Waals surface area contributed by atoms with Crippen LogP contribution in [0.1, 0.15) is 17.5 Å². The van der Waals surface area contributed by atoms with Crippen LogP contribution in [0.4, 0.5) is 4.79 Å². The highest BCUT2D eigenvalue weighted by Gasteiger charge is 2.39. The lowest BCUT2D eigenvalue weighted by atomic mass is 9.93. The molecule has 2 heterocycles. The molecule has 6 nitrogen and oxygen atoms in total. The van der Waals surface area contributed by atoms with Crippen molar-refractivity contribution in [2.75, 3.05) is 26.4 Å². The van der Waals surface area contributed by atoms with Crippen molar-refractivity contribution in [1.82, 2.24) is 14.5 Å². The summed E-state index contributed by atoms with van der Waals surface area (Å²) in [4.78, 5) is 16.8. The molecule has 29 heavy (non-hydrogen) atoms. The number of nitrogens with zero attached hydrogens (tertiary/aromatic N) is 2. The van der Waals surface area contributed by atoms with E-state index in [0.29, 0.717) is 25.9 Å². The predicted octanol–water partition coefficient (Wildman–Crippen LogP) is 2.50. The number of urea groups is 1. The van der Waals surface area contributed by atoms with Crippen LogP contribution in [0.15, 0.2) is 48.5 Å². The quantitative estimate of drug-likeness (QED) is 0.822. The molecular formula is C22H27N3O3S. The third kappa shape index (κ3) is 4.31. The summed E-state index contributed by atoms with van der Waals surface area (Å²) in [6, 6.07) is 16.2. The van der Waals surface area contributed by atoms with Gasteiger partial charge in [-0.1, -0.05) is 48.5 Å². The number of carbonyl (C=O) groups excluding carboxylic acids is 1. The molecule has 4 rings (SSSR count). The van der Waals surface area contributed by atoms with Crippen LogP contribution < -0.4 is 4.72 Å². The second-order valence-corrected chi connectivity index (χ2v) is 9.84. The van der Waals surface area contributed by atoms with Crippen LogP contribution >= 0.6 is 0 Å². The Kier molecular flexibility index (Phi) is 5.36. The van der Waals surface area contributed by atoms with Gasteiger partial charge in [0.15, 0.2) is 0 Å². The maximum Gasteiger partial charge on any atom is 0.320 e. The van der Waals surface area contributed by atoms with E-state index in [1.807, 2.05) is 30.1 Å². The maximum absolute atomic E-state index is 13.2. The van der Waals surface area contributed by atoms with Gasteiger partial charge in [-0.3, -0.25) is 0 Å². The zero-order chi connectivity index (χ0) is 20.6. The molecule has 2 unspecified atom stereocenters. The minimum absolute atomic E-state index is 0.0398. The zero-order valence-corrected chi connectivity index (χ0v) is 17.7. The van der Waals surface area contributed by atoms with Crippen LogP contribution in [0.2, 0.25) is 0 Å². The van der Waals surface area contributed by atoms with Gasteiger partial charge >= 0.3 is 6.03 Å². The third-order valence-corrected chi connectivity index (χ3v) is 6.63. The molecule has 0 radical (unpaired) electrons. The average Bonchev–Trinajstić information content (AvgIpc) is 3.05. The zero-order valence-electron chi connectivity index (χ0n) is 16.8. The van der Waals surface area contributed by atoms with Crippen molar-refractivity contribution in [3.8, 4) is 11.1 Å². The smallest absolute Gasteiger partial charge is 0.320 e. The first-order chi connectivity index (χ1) is 13.8. The largest absolute Gasteiger partial charge is 0.327 e. The fourth-order valence-electron chi connectivity index (χ4n) is 4.49. The number of fused-ring (bicyclic) bond motifs is 5. The second kappa shape index (κ2) is 7.80. The van der Waals surface area contributed by atoms with Crippen molar-refractivity contribution < 1.29 is 13.2 Å². The van der Waals surface area contributed by atoms with Crippen molar-refractivity contribution in [3.05, 3.63) is 59.7 Å². The molecule has 2 aliphatic rings. The Hall–Kier alpha value is -2.38. The van der Waals surface area contributed by atoms with Crippen LogP contribution in [-0.4, -0.2) is 62.7 Å². The Morgan fingerprint density at radius 2 is 1.86 bits per heavy atom. The predicted molar refractivity (Wildman–Crippen MR) is 114 cm³/mol. The number of rotatable bonds is 2. The van der Waals surface area contributed by atoms with E-state index in [2.05, 4.69) is 35.1 Å². The molecule has 2 aromatic rings. The van der Waals surface area contributed by atoms with Crippen molar-refractivity contribution in [3.63, 3.8) is 0 Å². The van der Waals surface area contributed by atoms with Gasteiger partial charge in [0.25, 0.3) is 0 Å². The minimum Gasteiger partial charge on any atom is -0.327 e. The average molecular weight is 414 g/mol. The molecule has 2 atom stereocenters. The molecule has 2 amide bonds. The maximum atomic E-state index is 13.2. The Morgan fingerprint density at radius 1 is 1.07 bits per heavy atom. The molecular weight excluding hydrogens is 386 g/mol. The summed E-state index contributed by atoms with van der Waals surface area (Å²) in [5.41, 5.74) is 4.67. The van der Waals surface area contributed by atoms with Crippen LogP contribution in [0.5, 0.6) is 0 Å². The summed E-state index contributed by atoms with van der Waals surface area (Å²) in [6.45, 7) is 1.17. The van der Waals surface area contributed by atoms with Gasteiger partial charge in [-0.2, -0.15) is 0 Å². The van der Waals surface area contributed by atoms with Gasteiger partial charge in [-0.05, 0) is 41.5 Å². The molecule has 1 fully saturated rings. The highest BCUT2D eigenvalue weighted by Crippen LogP contribution is 2.29. The SMILES string of the molecule is CN1CCc2ccccc2-c2cccc(c2)CC2C(NS(C)(=O)=O)CCN2C1=O. The van der Waals surface area contributed by atoms with Gasteiger partial charge in [0.05, 0.1) is 12.3 Å². The summed E-state index contributed by atoms with van der Waals surface area (Å²) in [7, 11) is -1.53. The Balaban J connectivity index is 1.76. The van der Waals surface area contributed by atoms with E-state index >= 15 is 0 Å². The van der Waals surface area contributed by atoms with Crippen LogP contribution in [0.25, 0.3) is 11.1 Å². The van der Waals surface area contributed by atoms with Crippen molar-refractivity contribution in [2.24, 2.45) is 0 Å². The first kappa shape index (κ1) is 19.9. The fourth-order valence-corrected chi connectivity index (χ4v) is 5.31. The molecule has 1 N–H and O–H groups in total. The van der Waals surface area contributed by atoms with E-state index < -0.39 is 10.0 Å². The topological polar surface area (TPSA) is 69.7 Å². The monoisotopic (exact) mass is 413 g/mol. The van der Waals surface area contributed by atoms with Gasteiger partial charge < -0.3 is 9.80 Å². The van der Waals surface area contributed by atoms with E-state index in [9.17, 15) is 13.2 Å². The van der Waals surface area contributed by atoms with Crippen LogP contribution in [0.3, 0.4) is 0 Å². The number of benzene rings is 2. The highest BCUT2D eigenvalue weighted by atomic mass is 32.2. The summed E-state index contributed by atoms with van der Waals surface area (Å²) >= 11 is 0. The molecule has 2 aromatic carbocycles. The Morgan fingerprint density at radius 3 is 2.66 bits per heavy atom. The highest BCUT2D eigenvalue weighted by molar-refractivity contribution is 7.88. The lowest BCUT2D eigenvalue weighted by molar-refractivity contribution is 0.155. The number of hydrogen-bond acceptors (Lipinski definition) is 3. The van der Waals surface area contributed by atoms with Gasteiger partial charge in [0, 0.05) is 26.2 Å². The molecule has 7 heteroatoms. The standard InChI is InChI=1S/C22H27N3O3S/c1-24-12-10-17-7-3-4-9-19(17)18-8-5-6-16(14-18)15-21-20(23-29(2,27)28)11-13-25(21)22(24)26/h3-9,14,20-21,23H,10-13,15H2,1-2H3. The Labute approximate surface area is 172 Å². The first-order valence-corrected chi connectivity index (χ1v) is 11.9. The number of sulfonamides is 1. The van der Waals surface area contributed by atoms with E-state index in [0.717, 1.165) is 17.5 Å². The van der Waals surface area contributed by atoms with Gasteiger partial charge in [-0.15, -0.1) is 0 Å². The first-order valence-electron chi connectivity index (χ1n) is 9.98. The summed E-state index contributed by atoms with van der Waals surface area (Å²) in [5.74, 6) is 0.